The molecule has 20 heteroatoms. The fourth-order valence-corrected chi connectivity index (χ4v) is 5.77. The largest absolute Gasteiger partial charge is 0.480 e. The maximum absolute atomic E-state index is 12.1. The van der Waals surface area contributed by atoms with E-state index in [1.165, 1.54) is 0 Å². The Hall–Kier alpha value is -2.96. The molecule has 51 heavy (non-hydrogen) atoms. The topological polar surface area (TPSA) is 269 Å². The molecule has 0 saturated carbocycles. The van der Waals surface area contributed by atoms with Crippen LogP contribution in [-0.2, 0) is 35.2 Å². The quantitative estimate of drug-likeness (QED) is 0.0952. The van der Waals surface area contributed by atoms with Gasteiger partial charge in [-0.1, -0.05) is 12.1 Å². The Kier molecular flexibility index (Phi) is 22.0. The second-order valence-electron chi connectivity index (χ2n) is 12.3. The van der Waals surface area contributed by atoms with Crippen LogP contribution in [0.15, 0.2) is 24.3 Å². The van der Waals surface area contributed by atoms with Gasteiger partial charge in [0.1, 0.15) is 0 Å². The van der Waals surface area contributed by atoms with Crippen molar-refractivity contribution in [2.45, 2.75) is 12.5 Å². The van der Waals surface area contributed by atoms with Gasteiger partial charge in [0.2, 0.25) is 0 Å². The summed E-state index contributed by atoms with van der Waals surface area (Å²) in [6.45, 7) is -1.50. The molecule has 0 aromatic heterocycles. The summed E-state index contributed by atoms with van der Waals surface area (Å²) >= 11 is 0. The summed E-state index contributed by atoms with van der Waals surface area (Å²) in [6, 6.07) is 6.31. The number of hydrogen-bond acceptors (Lipinski definition) is 13. The smallest absolute Gasteiger partial charge is 0.317 e. The van der Waals surface area contributed by atoms with E-state index in [1.54, 1.807) is 53.7 Å². The maximum atomic E-state index is 12.1. The fourth-order valence-electron chi connectivity index (χ4n) is 5.77. The van der Waals surface area contributed by atoms with E-state index in [2.05, 4.69) is 0 Å². The summed E-state index contributed by atoms with van der Waals surface area (Å²) in [6.07, 6.45) is 0.276. The minimum atomic E-state index is -1.16. The molecular weight excluding hydrogens is 887 g/mol. The first kappa shape index (κ1) is 46.1. The van der Waals surface area contributed by atoms with E-state index in [1.807, 2.05) is 0 Å². The van der Waals surface area contributed by atoms with Gasteiger partial charge in [-0.15, -0.1) is 0 Å². The predicted molar refractivity (Wildman–Crippen MR) is 178 cm³/mol. The normalized spacial score (nSPS) is 19.3. The average Bonchev–Trinajstić information content (AvgIpc) is 2.99. The predicted octanol–water partition coefficient (Wildman–Crippen LogP) is -2.49. The molecule has 0 amide bonds. The molecule has 2 rings (SSSR count). The Bertz CT molecular complexity index is 1290. The van der Waals surface area contributed by atoms with E-state index in [4.69, 9.17) is 5.73 Å². The Morgan fingerprint density at radius 2 is 0.784 bits per heavy atom. The number of carboxylic acid groups (broad SMARTS) is 6. The van der Waals surface area contributed by atoms with Gasteiger partial charge in [-0.3, -0.25) is 58.2 Å². The van der Waals surface area contributed by atoms with E-state index in [0.717, 1.165) is 5.56 Å². The van der Waals surface area contributed by atoms with Gasteiger partial charge < -0.3 is 36.4 Å². The molecule has 1 heterocycles. The molecule has 19 nitrogen and oxygen atoms in total. The number of nitrogens with zero attached hydrogens (tertiary/aromatic N) is 6. The molecule has 1 fully saturated rings. The van der Waals surface area contributed by atoms with Crippen molar-refractivity contribution >= 4 is 41.5 Å². The summed E-state index contributed by atoms with van der Waals surface area (Å²) in [4.78, 5) is 80.4. The van der Waals surface area contributed by atoms with Crippen molar-refractivity contribution in [1.29, 1.82) is 0 Å². The summed E-state index contributed by atoms with van der Waals surface area (Å²) in [5.74, 6) is -6.88. The van der Waals surface area contributed by atoms with Crippen LogP contribution >= 0.6 is 0 Å². The Labute approximate surface area is 331 Å². The number of carbonyl (C=O) groups is 6. The number of rotatable bonds is 14. The number of nitrogens with two attached hydrogens (primary N) is 1. The Balaban J connectivity index is 0.0000130. The second kappa shape index (κ2) is 24.3. The molecule has 1 unspecified atom stereocenters. The number of aliphatic carboxylic acids is 6. The van der Waals surface area contributed by atoms with Crippen LogP contribution in [0.25, 0.3) is 0 Å². The van der Waals surface area contributed by atoms with Crippen molar-refractivity contribution in [3.05, 3.63) is 29.8 Å². The number of nitrogen functional groups attached to an aromatic ring is 1. The molecule has 0 bridgehead atoms. The van der Waals surface area contributed by atoms with E-state index < -0.39 is 81.1 Å². The van der Waals surface area contributed by atoms with Gasteiger partial charge in [-0.05, 0) is 24.1 Å². The van der Waals surface area contributed by atoms with Crippen molar-refractivity contribution in [2.75, 3.05) is 117 Å². The maximum Gasteiger partial charge on any atom is 0.317 e. The Morgan fingerprint density at radius 1 is 0.490 bits per heavy atom. The van der Waals surface area contributed by atoms with Gasteiger partial charge >= 0.3 is 35.8 Å². The van der Waals surface area contributed by atoms with Gasteiger partial charge in [0.05, 0.1) is 39.3 Å². The Morgan fingerprint density at radius 3 is 1.12 bits per heavy atom. The number of hydrogen-bond donors (Lipinski definition) is 7. The van der Waals surface area contributed by atoms with Crippen molar-refractivity contribution in [2.24, 2.45) is 0 Å². The van der Waals surface area contributed by atoms with Crippen LogP contribution in [0.3, 0.4) is 0 Å². The van der Waals surface area contributed by atoms with Crippen molar-refractivity contribution < 1.29 is 103 Å². The number of carboxylic acids is 6. The van der Waals surface area contributed by atoms with E-state index in [9.17, 15) is 59.4 Å². The zero-order valence-electron chi connectivity index (χ0n) is 28.6. The molecule has 0 spiro atoms. The molecule has 1 aromatic rings. The third-order valence-electron chi connectivity index (χ3n) is 8.20. The van der Waals surface area contributed by atoms with Crippen molar-refractivity contribution in [1.82, 2.24) is 29.4 Å². The van der Waals surface area contributed by atoms with E-state index in [-0.39, 0.29) is 122 Å². The minimum Gasteiger partial charge on any atom is -0.480 e. The first-order valence-electron chi connectivity index (χ1n) is 16.1. The van der Waals surface area contributed by atoms with Crippen LogP contribution in [0.4, 0.5) is 5.69 Å². The first-order valence-corrected chi connectivity index (χ1v) is 16.1. The van der Waals surface area contributed by atoms with Crippen LogP contribution in [-0.4, -0.2) is 213 Å². The molecule has 1 aromatic carbocycles. The minimum absolute atomic E-state index is 0. The van der Waals surface area contributed by atoms with Gasteiger partial charge in [-0.25, -0.2) is 0 Å². The van der Waals surface area contributed by atoms with Crippen LogP contribution in [0, 0.1) is 44.1 Å². The molecule has 1 atom stereocenters. The third-order valence-corrected chi connectivity index (χ3v) is 8.20. The summed E-state index contributed by atoms with van der Waals surface area (Å²) < 4.78 is 0. The monoisotopic (exact) mass is 936 g/mol. The van der Waals surface area contributed by atoms with Gasteiger partial charge in [0.25, 0.3) is 0 Å². The van der Waals surface area contributed by atoms with Gasteiger partial charge in [0.15, 0.2) is 0 Å². The zero-order valence-corrected chi connectivity index (χ0v) is 33.3. The standard InChI is InChI=1S/C31H49N7O12.Ac/c32-24-3-1-23(2-4-24)15-25-16-37(21-30(47)48)12-11-35(19-28(43)44)8-7-33(17-26(39)40)5-6-34(18-27(41)42)9-10-36(20-29(45)46)13-14-38(25)22-31(49)50;/h1-4,25H,5-22,32H2,(H,39,40)(H,41,42)(H,43,44)(H,45,46)(H,47,48)(H,49,50);/i;1-2. The third kappa shape index (κ3) is 20.6. The van der Waals surface area contributed by atoms with E-state index >= 15 is 0 Å². The van der Waals surface area contributed by atoms with Crippen molar-refractivity contribution in [3.8, 4) is 0 Å². The summed E-state index contributed by atoms with van der Waals surface area (Å²) in [5.41, 5.74) is 7.16. The van der Waals surface area contributed by atoms with E-state index in [0.29, 0.717) is 5.69 Å². The number of benzene rings is 1. The SMILES string of the molecule is Nc1ccc(CC2CN(CC(=O)O)CCN(CC(=O)O)CCN(CC(=O)O)CCN(CC(=O)O)CCN(CC(=O)O)CCN2CC(=O)O)cc1.[225Ac]. The molecule has 8 N–H and O–H groups in total. The van der Waals surface area contributed by atoms with Crippen molar-refractivity contribution in [3.63, 3.8) is 0 Å². The molecule has 1 aliphatic heterocycles. The second-order valence-corrected chi connectivity index (χ2v) is 12.3. The average molecular weight is 937 g/mol. The summed E-state index contributed by atoms with van der Waals surface area (Å²) in [7, 11) is 0. The zero-order chi connectivity index (χ0) is 37.2. The van der Waals surface area contributed by atoms with Crippen LogP contribution < -0.4 is 5.73 Å². The molecule has 283 valence electrons. The first-order chi connectivity index (χ1) is 23.6. The number of anilines is 1. The van der Waals surface area contributed by atoms with Crippen LogP contribution in [0.2, 0.25) is 0 Å². The molecule has 1 aliphatic rings. The fraction of sp³-hybridized carbons (Fsp3) is 0.613. The summed E-state index contributed by atoms with van der Waals surface area (Å²) in [5, 5.41) is 57.9. The van der Waals surface area contributed by atoms with Crippen LogP contribution in [0.1, 0.15) is 5.56 Å². The molecule has 1 saturated heterocycles. The van der Waals surface area contributed by atoms with Gasteiger partial charge in [0, 0.05) is 128 Å². The molecule has 0 aliphatic carbocycles. The van der Waals surface area contributed by atoms with Gasteiger partial charge in [-0.2, -0.15) is 0 Å². The van der Waals surface area contributed by atoms with Crippen LogP contribution in [0.5, 0.6) is 0 Å². The molecule has 1 radical (unpaired) electrons. The molecular formula is C31H49AcN7O12.